The molecule has 6 nitrogen and oxygen atoms in total. The van der Waals surface area contributed by atoms with Crippen molar-refractivity contribution in [1.82, 2.24) is 10.2 Å². The highest BCUT2D eigenvalue weighted by molar-refractivity contribution is 7.21. The maximum absolute atomic E-state index is 12.5. The molecule has 0 unspecified atom stereocenters. The third kappa shape index (κ3) is 4.57. The van der Waals surface area contributed by atoms with Crippen molar-refractivity contribution in [3.8, 4) is 17.2 Å². The zero-order valence-electron chi connectivity index (χ0n) is 16.8. The molecular formula is C23H24N2O4S. The molecule has 1 aromatic heterocycles. The summed E-state index contributed by atoms with van der Waals surface area (Å²) in [6.07, 6.45) is 2.55. The van der Waals surface area contributed by atoms with E-state index in [4.69, 9.17) is 9.47 Å². The first kappa shape index (κ1) is 20.2. The lowest BCUT2D eigenvalue weighted by Crippen LogP contribution is -2.41. The molecule has 1 saturated heterocycles. The summed E-state index contributed by atoms with van der Waals surface area (Å²) >= 11 is 1.46. The van der Waals surface area contributed by atoms with E-state index >= 15 is 0 Å². The van der Waals surface area contributed by atoms with E-state index < -0.39 is 6.09 Å². The molecule has 1 N–H and O–H groups in total. The number of thiophene rings is 1. The van der Waals surface area contributed by atoms with Crippen molar-refractivity contribution < 1.29 is 19.1 Å². The third-order valence-electron chi connectivity index (χ3n) is 4.92. The molecule has 0 saturated carbocycles. The van der Waals surface area contributed by atoms with Crippen LogP contribution in [0.5, 0.6) is 17.2 Å². The molecule has 2 aromatic carbocycles. The second-order valence-electron chi connectivity index (χ2n) is 7.17. The predicted octanol–water partition coefficient (Wildman–Crippen LogP) is 5.43. The molecule has 4 rings (SSSR count). The van der Waals surface area contributed by atoms with Gasteiger partial charge in [-0.25, -0.2) is 4.79 Å². The van der Waals surface area contributed by atoms with Crippen LogP contribution in [0.2, 0.25) is 0 Å². The molecule has 1 fully saturated rings. The fourth-order valence-corrected chi connectivity index (χ4v) is 4.19. The number of benzene rings is 2. The van der Waals surface area contributed by atoms with Crippen molar-refractivity contribution in [3.63, 3.8) is 0 Å². The van der Waals surface area contributed by atoms with Crippen LogP contribution < -0.4 is 14.8 Å². The van der Waals surface area contributed by atoms with Crippen LogP contribution in [0.25, 0.3) is 10.1 Å². The lowest BCUT2D eigenvalue weighted by atomic mass is 10.2. The monoisotopic (exact) mass is 424 g/mol. The van der Waals surface area contributed by atoms with Gasteiger partial charge in [-0.1, -0.05) is 25.5 Å². The molecule has 0 bridgehead atoms. The first-order valence-electron chi connectivity index (χ1n) is 10.2. The molecule has 30 heavy (non-hydrogen) atoms. The van der Waals surface area contributed by atoms with Gasteiger partial charge in [-0.05, 0) is 54.6 Å². The number of amides is 2. The Kier molecular flexibility index (Phi) is 6.18. The first-order chi connectivity index (χ1) is 14.6. The van der Waals surface area contributed by atoms with Gasteiger partial charge in [-0.15, -0.1) is 11.3 Å². The van der Waals surface area contributed by atoms with Crippen molar-refractivity contribution in [2.45, 2.75) is 26.2 Å². The number of ether oxygens (including phenoxy) is 2. The number of hydrogen-bond acceptors (Lipinski definition) is 5. The average molecular weight is 425 g/mol. The SMILES string of the molecule is CCCCNC(=O)Oc1ccc(Oc2cccc3cc(C(=O)N4CCC4)sc23)cc1. The summed E-state index contributed by atoms with van der Waals surface area (Å²) in [6.45, 7) is 4.33. The Labute approximate surface area is 179 Å². The predicted molar refractivity (Wildman–Crippen MR) is 118 cm³/mol. The van der Waals surface area contributed by atoms with Gasteiger partial charge in [0.05, 0.1) is 9.58 Å². The minimum absolute atomic E-state index is 0.0899. The highest BCUT2D eigenvalue weighted by atomic mass is 32.1. The number of carbonyl (C=O) groups excluding carboxylic acids is 2. The van der Waals surface area contributed by atoms with E-state index in [0.29, 0.717) is 23.8 Å². The summed E-state index contributed by atoms with van der Waals surface area (Å²) in [5.74, 6) is 1.87. The minimum atomic E-state index is -0.458. The van der Waals surface area contributed by atoms with E-state index in [9.17, 15) is 9.59 Å². The minimum Gasteiger partial charge on any atom is -0.456 e. The van der Waals surface area contributed by atoms with Gasteiger partial charge in [0.1, 0.15) is 17.2 Å². The fraction of sp³-hybridized carbons (Fsp3) is 0.304. The highest BCUT2D eigenvalue weighted by Gasteiger charge is 2.23. The number of nitrogens with one attached hydrogen (secondary N) is 1. The Bertz CT molecular complexity index is 1040. The Morgan fingerprint density at radius 1 is 1.10 bits per heavy atom. The second-order valence-corrected chi connectivity index (χ2v) is 8.23. The first-order valence-corrected chi connectivity index (χ1v) is 11.0. The molecule has 1 aliphatic heterocycles. The van der Waals surface area contributed by atoms with Gasteiger partial charge in [0, 0.05) is 19.6 Å². The van der Waals surface area contributed by atoms with E-state index in [1.807, 2.05) is 29.2 Å². The van der Waals surface area contributed by atoms with Crippen LogP contribution >= 0.6 is 11.3 Å². The smallest absolute Gasteiger partial charge is 0.412 e. The summed E-state index contributed by atoms with van der Waals surface area (Å²) in [7, 11) is 0. The van der Waals surface area contributed by atoms with Crippen molar-refractivity contribution in [2.75, 3.05) is 19.6 Å². The van der Waals surface area contributed by atoms with Gasteiger partial charge in [0.25, 0.3) is 5.91 Å². The van der Waals surface area contributed by atoms with Crippen molar-refractivity contribution in [2.24, 2.45) is 0 Å². The normalized spacial score (nSPS) is 13.0. The van der Waals surface area contributed by atoms with E-state index in [-0.39, 0.29) is 5.91 Å². The largest absolute Gasteiger partial charge is 0.456 e. The molecule has 3 aromatic rings. The number of likely N-dealkylation sites (tertiary alicyclic amines) is 1. The Morgan fingerprint density at radius 3 is 2.57 bits per heavy atom. The number of carbonyl (C=O) groups is 2. The molecule has 156 valence electrons. The Hall–Kier alpha value is -3.06. The summed E-state index contributed by atoms with van der Waals surface area (Å²) in [5.41, 5.74) is 0. The molecule has 0 spiro atoms. The van der Waals surface area contributed by atoms with Crippen LogP contribution in [0.15, 0.2) is 48.5 Å². The third-order valence-corrected chi connectivity index (χ3v) is 6.08. The van der Waals surface area contributed by atoms with Crippen LogP contribution in [0.1, 0.15) is 35.9 Å². The summed E-state index contributed by atoms with van der Waals surface area (Å²) in [4.78, 5) is 26.9. The van der Waals surface area contributed by atoms with Crippen molar-refractivity contribution in [1.29, 1.82) is 0 Å². The highest BCUT2D eigenvalue weighted by Crippen LogP contribution is 2.37. The molecule has 7 heteroatoms. The lowest BCUT2D eigenvalue weighted by molar-refractivity contribution is 0.0657. The van der Waals surface area contributed by atoms with Crippen LogP contribution in [0, 0.1) is 0 Å². The van der Waals surface area contributed by atoms with Gasteiger partial charge < -0.3 is 19.7 Å². The zero-order chi connectivity index (χ0) is 20.9. The lowest BCUT2D eigenvalue weighted by Gasteiger charge is -2.30. The second kappa shape index (κ2) is 9.17. The molecule has 2 amide bonds. The van der Waals surface area contributed by atoms with E-state index in [0.717, 1.165) is 47.3 Å². The Morgan fingerprint density at radius 2 is 1.87 bits per heavy atom. The van der Waals surface area contributed by atoms with Crippen LogP contribution in [-0.4, -0.2) is 36.5 Å². The summed E-state index contributed by atoms with van der Waals surface area (Å²) in [6, 6.07) is 14.6. The standard InChI is InChI=1S/C23H24N2O4S/c1-2-3-12-24-23(27)29-18-10-8-17(9-11-18)28-19-7-4-6-16-15-20(30-21(16)19)22(26)25-13-5-14-25/h4,6-11,15H,2-3,5,12-14H2,1H3,(H,24,27). The van der Waals surface area contributed by atoms with Gasteiger partial charge >= 0.3 is 6.09 Å². The van der Waals surface area contributed by atoms with Gasteiger partial charge in [0.2, 0.25) is 0 Å². The maximum atomic E-state index is 12.5. The number of fused-ring (bicyclic) bond motifs is 1. The van der Waals surface area contributed by atoms with E-state index in [1.54, 1.807) is 24.3 Å². The van der Waals surface area contributed by atoms with Gasteiger partial charge in [0.15, 0.2) is 0 Å². The average Bonchev–Trinajstić information content (AvgIpc) is 3.14. The van der Waals surface area contributed by atoms with Gasteiger partial charge in [-0.3, -0.25) is 4.79 Å². The van der Waals surface area contributed by atoms with Crippen LogP contribution in [0.4, 0.5) is 4.79 Å². The number of hydrogen-bond donors (Lipinski definition) is 1. The van der Waals surface area contributed by atoms with E-state index in [1.165, 1.54) is 11.3 Å². The number of nitrogens with zero attached hydrogens (tertiary/aromatic N) is 1. The maximum Gasteiger partial charge on any atom is 0.412 e. The summed E-state index contributed by atoms with van der Waals surface area (Å²) < 4.78 is 12.3. The van der Waals surface area contributed by atoms with Crippen molar-refractivity contribution in [3.05, 3.63) is 53.4 Å². The van der Waals surface area contributed by atoms with Gasteiger partial charge in [-0.2, -0.15) is 0 Å². The topological polar surface area (TPSA) is 67.9 Å². The molecule has 2 heterocycles. The molecule has 0 aliphatic carbocycles. The molecule has 0 atom stereocenters. The summed E-state index contributed by atoms with van der Waals surface area (Å²) in [5, 5.41) is 3.70. The Balaban J connectivity index is 1.44. The molecule has 0 radical (unpaired) electrons. The fourth-order valence-electron chi connectivity index (χ4n) is 3.11. The molecule has 1 aliphatic rings. The molecular weight excluding hydrogens is 400 g/mol. The quantitative estimate of drug-likeness (QED) is 0.514. The van der Waals surface area contributed by atoms with Crippen LogP contribution in [0.3, 0.4) is 0 Å². The zero-order valence-corrected chi connectivity index (χ0v) is 17.7. The number of rotatable bonds is 7. The van der Waals surface area contributed by atoms with Crippen molar-refractivity contribution >= 4 is 33.4 Å². The van der Waals surface area contributed by atoms with Crippen LogP contribution in [-0.2, 0) is 0 Å². The van der Waals surface area contributed by atoms with E-state index in [2.05, 4.69) is 12.2 Å². The number of unbranched alkanes of at least 4 members (excludes halogenated alkanes) is 1.